The summed E-state index contributed by atoms with van der Waals surface area (Å²) in [5.74, 6) is 0.222. The topological polar surface area (TPSA) is 107 Å². The summed E-state index contributed by atoms with van der Waals surface area (Å²) in [7, 11) is 1.43. The van der Waals surface area contributed by atoms with Crippen LogP contribution in [0.2, 0.25) is 0 Å². The second-order valence-corrected chi connectivity index (χ2v) is 5.15. The van der Waals surface area contributed by atoms with Gasteiger partial charge in [0, 0.05) is 18.2 Å². The van der Waals surface area contributed by atoms with E-state index in [9.17, 15) is 14.9 Å². The Bertz CT molecular complexity index is 547. The molecular formula is C14H19N3O4. The Morgan fingerprint density at radius 2 is 2.29 bits per heavy atom. The Labute approximate surface area is 122 Å². The van der Waals surface area contributed by atoms with E-state index in [1.54, 1.807) is 0 Å². The van der Waals surface area contributed by atoms with E-state index in [1.807, 2.05) is 0 Å². The average molecular weight is 293 g/mol. The fourth-order valence-electron chi connectivity index (χ4n) is 2.74. The maximum Gasteiger partial charge on any atom is 0.270 e. The van der Waals surface area contributed by atoms with Crippen molar-refractivity contribution >= 4 is 11.6 Å². The summed E-state index contributed by atoms with van der Waals surface area (Å²) in [5, 5.41) is 13.8. The van der Waals surface area contributed by atoms with E-state index in [-0.39, 0.29) is 29.1 Å². The molecule has 0 radical (unpaired) electrons. The number of hydrogen-bond donors (Lipinski definition) is 2. The molecule has 114 valence electrons. The number of nitrogens with zero attached hydrogens (tertiary/aromatic N) is 1. The number of non-ortho nitro benzene ring substituents is 1. The second-order valence-electron chi connectivity index (χ2n) is 5.15. The molecule has 0 aliphatic heterocycles. The third-order valence-electron chi connectivity index (χ3n) is 3.92. The molecule has 21 heavy (non-hydrogen) atoms. The third-order valence-corrected chi connectivity index (χ3v) is 3.92. The van der Waals surface area contributed by atoms with Crippen molar-refractivity contribution in [2.45, 2.75) is 25.3 Å². The molecule has 1 fully saturated rings. The van der Waals surface area contributed by atoms with Gasteiger partial charge in [0.05, 0.1) is 17.6 Å². The fraction of sp³-hybridized carbons (Fsp3) is 0.500. The number of nitrogens with two attached hydrogens (primary N) is 1. The van der Waals surface area contributed by atoms with Gasteiger partial charge in [0.1, 0.15) is 5.75 Å². The predicted molar refractivity (Wildman–Crippen MR) is 77.3 cm³/mol. The van der Waals surface area contributed by atoms with Crippen LogP contribution in [0.3, 0.4) is 0 Å². The number of carbonyl (C=O) groups is 1. The van der Waals surface area contributed by atoms with E-state index in [2.05, 4.69) is 5.32 Å². The minimum Gasteiger partial charge on any atom is -0.496 e. The summed E-state index contributed by atoms with van der Waals surface area (Å²) in [4.78, 5) is 22.7. The van der Waals surface area contributed by atoms with Crippen LogP contribution in [0.25, 0.3) is 0 Å². The van der Waals surface area contributed by atoms with Crippen LogP contribution in [-0.4, -0.2) is 30.5 Å². The fourth-order valence-corrected chi connectivity index (χ4v) is 2.74. The summed E-state index contributed by atoms with van der Waals surface area (Å²) in [6.07, 6.45) is 2.90. The van der Waals surface area contributed by atoms with Gasteiger partial charge in [-0.15, -0.1) is 0 Å². The monoisotopic (exact) mass is 293 g/mol. The Morgan fingerprint density at radius 3 is 2.90 bits per heavy atom. The lowest BCUT2D eigenvalue weighted by Gasteiger charge is -2.20. The number of hydrogen-bond acceptors (Lipinski definition) is 5. The van der Waals surface area contributed by atoms with E-state index in [1.165, 1.54) is 25.3 Å². The van der Waals surface area contributed by atoms with Crippen LogP contribution < -0.4 is 15.8 Å². The first kappa shape index (κ1) is 15.2. The van der Waals surface area contributed by atoms with Crippen LogP contribution >= 0.6 is 0 Å². The van der Waals surface area contributed by atoms with Gasteiger partial charge in [0.2, 0.25) is 0 Å². The summed E-state index contributed by atoms with van der Waals surface area (Å²) in [6.45, 7) is 0.525. The van der Waals surface area contributed by atoms with Crippen molar-refractivity contribution in [3.8, 4) is 5.75 Å². The SMILES string of the molecule is COc1ccc([N+](=O)[O-])cc1C(=O)NC1CCCC1CN. The molecule has 7 nitrogen and oxygen atoms in total. The zero-order chi connectivity index (χ0) is 15.4. The third kappa shape index (κ3) is 3.30. The smallest absolute Gasteiger partial charge is 0.270 e. The van der Waals surface area contributed by atoms with Gasteiger partial charge in [0.15, 0.2) is 0 Å². The molecule has 2 rings (SSSR count). The standard InChI is InChI=1S/C14H19N3O4/c1-21-13-6-5-10(17(19)20)7-11(13)14(18)16-12-4-2-3-9(12)8-15/h5-7,9,12H,2-4,8,15H2,1H3,(H,16,18). The number of nitrogens with one attached hydrogen (secondary N) is 1. The Kier molecular flexibility index (Phi) is 4.74. The van der Waals surface area contributed by atoms with Gasteiger partial charge >= 0.3 is 0 Å². The molecule has 1 saturated carbocycles. The average Bonchev–Trinajstić information content (AvgIpc) is 2.93. The van der Waals surface area contributed by atoms with E-state index >= 15 is 0 Å². The highest BCUT2D eigenvalue weighted by molar-refractivity contribution is 5.97. The zero-order valence-corrected chi connectivity index (χ0v) is 11.9. The van der Waals surface area contributed by atoms with Gasteiger partial charge in [-0.05, 0) is 31.4 Å². The maximum atomic E-state index is 12.4. The van der Waals surface area contributed by atoms with Crippen LogP contribution in [0.1, 0.15) is 29.6 Å². The van der Waals surface area contributed by atoms with E-state index in [4.69, 9.17) is 10.5 Å². The van der Waals surface area contributed by atoms with E-state index in [0.717, 1.165) is 19.3 Å². The van der Waals surface area contributed by atoms with Gasteiger partial charge in [-0.3, -0.25) is 14.9 Å². The molecule has 0 saturated heterocycles. The van der Waals surface area contributed by atoms with Crippen molar-refractivity contribution in [2.24, 2.45) is 11.7 Å². The molecule has 3 N–H and O–H groups in total. The van der Waals surface area contributed by atoms with Gasteiger partial charge < -0.3 is 15.8 Å². The number of nitro groups is 1. The normalized spacial score (nSPS) is 21.0. The highest BCUT2D eigenvalue weighted by Gasteiger charge is 2.28. The largest absolute Gasteiger partial charge is 0.496 e. The molecule has 1 amide bonds. The van der Waals surface area contributed by atoms with Crippen LogP contribution in [0, 0.1) is 16.0 Å². The van der Waals surface area contributed by atoms with Crippen molar-refractivity contribution in [1.29, 1.82) is 0 Å². The van der Waals surface area contributed by atoms with Gasteiger partial charge in [-0.25, -0.2) is 0 Å². The number of methoxy groups -OCH3 is 1. The molecule has 1 aliphatic rings. The van der Waals surface area contributed by atoms with E-state index in [0.29, 0.717) is 12.3 Å². The van der Waals surface area contributed by atoms with Crippen molar-refractivity contribution in [2.75, 3.05) is 13.7 Å². The van der Waals surface area contributed by atoms with Gasteiger partial charge in [-0.1, -0.05) is 6.42 Å². The summed E-state index contributed by atoms with van der Waals surface area (Å²) in [5.41, 5.74) is 5.73. The zero-order valence-electron chi connectivity index (χ0n) is 11.9. The van der Waals surface area contributed by atoms with Crippen molar-refractivity contribution in [1.82, 2.24) is 5.32 Å². The number of rotatable bonds is 5. The minimum absolute atomic E-state index is 0.0199. The molecule has 7 heteroatoms. The Morgan fingerprint density at radius 1 is 1.52 bits per heavy atom. The predicted octanol–water partition coefficient (Wildman–Crippen LogP) is 1.46. The number of nitro benzene ring substituents is 1. The molecule has 1 aromatic carbocycles. The van der Waals surface area contributed by atoms with Crippen LogP contribution in [-0.2, 0) is 0 Å². The number of carbonyl (C=O) groups excluding carboxylic acids is 1. The Hall–Kier alpha value is -2.15. The highest BCUT2D eigenvalue weighted by Crippen LogP contribution is 2.27. The van der Waals surface area contributed by atoms with Crippen molar-refractivity contribution < 1.29 is 14.5 Å². The molecule has 2 unspecified atom stereocenters. The molecular weight excluding hydrogens is 274 g/mol. The second kappa shape index (κ2) is 6.53. The van der Waals surface area contributed by atoms with Gasteiger partial charge in [0.25, 0.3) is 11.6 Å². The van der Waals surface area contributed by atoms with Gasteiger partial charge in [-0.2, -0.15) is 0 Å². The minimum atomic E-state index is -0.533. The first-order chi connectivity index (χ1) is 10.1. The lowest BCUT2D eigenvalue weighted by atomic mass is 10.0. The van der Waals surface area contributed by atoms with Crippen molar-refractivity contribution in [3.05, 3.63) is 33.9 Å². The highest BCUT2D eigenvalue weighted by atomic mass is 16.6. The summed E-state index contributed by atoms with van der Waals surface area (Å²) >= 11 is 0. The molecule has 0 aromatic heterocycles. The first-order valence-electron chi connectivity index (χ1n) is 6.90. The molecule has 0 spiro atoms. The lowest BCUT2D eigenvalue weighted by Crippen LogP contribution is -2.40. The Balaban J connectivity index is 2.21. The molecule has 1 aromatic rings. The number of amides is 1. The molecule has 0 heterocycles. The summed E-state index contributed by atoms with van der Waals surface area (Å²) < 4.78 is 5.11. The molecule has 2 atom stereocenters. The number of benzene rings is 1. The summed E-state index contributed by atoms with van der Waals surface area (Å²) in [6, 6.07) is 4.00. The van der Waals surface area contributed by atoms with Crippen molar-refractivity contribution in [3.63, 3.8) is 0 Å². The molecule has 0 bridgehead atoms. The number of ether oxygens (including phenoxy) is 1. The van der Waals surface area contributed by atoms with Crippen LogP contribution in [0.5, 0.6) is 5.75 Å². The quantitative estimate of drug-likeness (QED) is 0.631. The van der Waals surface area contributed by atoms with Crippen LogP contribution in [0.4, 0.5) is 5.69 Å². The maximum absolute atomic E-state index is 12.4. The van der Waals surface area contributed by atoms with Crippen LogP contribution in [0.15, 0.2) is 18.2 Å². The van der Waals surface area contributed by atoms with E-state index < -0.39 is 4.92 Å². The first-order valence-corrected chi connectivity index (χ1v) is 6.90. The molecule has 1 aliphatic carbocycles. The lowest BCUT2D eigenvalue weighted by molar-refractivity contribution is -0.384.